The van der Waals surface area contributed by atoms with Gasteiger partial charge in [0.1, 0.15) is 74.9 Å². The Kier molecular flexibility index (Phi) is 25.3. The van der Waals surface area contributed by atoms with Crippen LogP contribution in [0.25, 0.3) is 23.3 Å². The first-order valence-corrected chi connectivity index (χ1v) is 23.3. The van der Waals surface area contributed by atoms with Gasteiger partial charge in [0, 0.05) is 180 Å². The summed E-state index contributed by atoms with van der Waals surface area (Å²) in [5.74, 6) is -1.97. The van der Waals surface area contributed by atoms with Gasteiger partial charge in [-0.05, 0) is 35.9 Å². The zero-order chi connectivity index (χ0) is 49.8. The van der Waals surface area contributed by atoms with Gasteiger partial charge in [0.15, 0.2) is 5.58 Å². The van der Waals surface area contributed by atoms with Gasteiger partial charge >= 0.3 is 0 Å². The molecule has 3 aromatic rings. The van der Waals surface area contributed by atoms with Gasteiger partial charge in [-0.15, -0.1) is 0 Å². The first-order chi connectivity index (χ1) is 32.5. The number of Topliss-reactive ketones (excluding diaryl/α,β-unsaturated/α-hetero) is 11. The molecule has 68 heavy (non-hydrogen) atoms. The van der Waals surface area contributed by atoms with Gasteiger partial charge in [-0.2, -0.15) is 0 Å². The van der Waals surface area contributed by atoms with Crippen molar-refractivity contribution >= 4 is 92.6 Å². The van der Waals surface area contributed by atoms with Crippen LogP contribution in [-0.4, -0.2) is 101 Å². The number of fused-ring (bicyclic) bond motifs is 1. The summed E-state index contributed by atoms with van der Waals surface area (Å²) < 4.78 is 11.6. The summed E-state index contributed by atoms with van der Waals surface area (Å²) in [6.07, 6.45) is 2.65. The molecule has 0 unspecified atom stereocenters. The van der Waals surface area contributed by atoms with E-state index in [9.17, 15) is 52.7 Å². The highest BCUT2D eigenvalue weighted by Crippen LogP contribution is 2.23. The minimum atomic E-state index is -0.305. The van der Waals surface area contributed by atoms with Crippen LogP contribution in [0, 0.1) is 0 Å². The van der Waals surface area contributed by atoms with Crippen molar-refractivity contribution in [3.05, 3.63) is 53.9 Å². The maximum absolute atomic E-state index is 12.4. The van der Waals surface area contributed by atoms with E-state index in [-0.39, 0.29) is 218 Å². The highest BCUT2D eigenvalue weighted by molar-refractivity contribution is 5.94. The van der Waals surface area contributed by atoms with E-state index in [2.05, 4.69) is 4.98 Å². The molecule has 1 N–H and O–H groups in total. The quantitative estimate of drug-likeness (QED) is 0.0590. The summed E-state index contributed by atoms with van der Waals surface area (Å²) in [5, 5.41) is 8.72. The van der Waals surface area contributed by atoms with Crippen molar-refractivity contribution in [1.29, 1.82) is 0 Å². The fourth-order valence-electron chi connectivity index (χ4n) is 6.71. The number of hydrogen-bond acceptors (Lipinski definition) is 16. The number of rotatable bonds is 39. The van der Waals surface area contributed by atoms with Crippen LogP contribution in [-0.2, 0) is 52.7 Å². The molecular weight excluding hydrogens is 877 g/mol. The Labute approximate surface area is 396 Å². The number of carbonyl (C=O) groups is 11. The van der Waals surface area contributed by atoms with Crippen molar-refractivity contribution in [2.75, 3.05) is 32.2 Å². The van der Waals surface area contributed by atoms with Crippen molar-refractivity contribution in [3.63, 3.8) is 0 Å². The first kappa shape index (κ1) is 55.9. The predicted octanol–water partition coefficient (Wildman–Crippen LogP) is 7.28. The molecule has 0 aliphatic heterocycles. The van der Waals surface area contributed by atoms with E-state index < -0.39 is 0 Å². The number of oxazole rings is 1. The van der Waals surface area contributed by atoms with Gasteiger partial charge in [-0.3, -0.25) is 52.7 Å². The van der Waals surface area contributed by atoms with Crippen LogP contribution in [0.15, 0.2) is 46.9 Å². The Hall–Kier alpha value is -6.42. The normalized spacial score (nSPS) is 11.1. The van der Waals surface area contributed by atoms with E-state index in [1.807, 2.05) is 49.3 Å². The molecule has 0 atom stereocenters. The van der Waals surface area contributed by atoms with Crippen molar-refractivity contribution in [2.24, 2.45) is 0 Å². The molecule has 0 saturated heterocycles. The lowest BCUT2D eigenvalue weighted by Gasteiger charge is -2.11. The van der Waals surface area contributed by atoms with Gasteiger partial charge in [0.05, 0.1) is 6.61 Å². The van der Waals surface area contributed by atoms with E-state index in [0.717, 1.165) is 11.3 Å². The molecule has 0 bridgehead atoms. The molecule has 2 aromatic carbocycles. The van der Waals surface area contributed by atoms with Crippen molar-refractivity contribution in [3.8, 4) is 5.75 Å². The molecule has 0 aliphatic rings. The number of hydrogen-bond donors (Lipinski definition) is 1. The SMILES string of the molecule is CN(C)c1ccc(C=Cc2nc3ccc(OCCC(=O)CCC(=O)CCC(=O)CCC(=O)CCC(=O)CCC(=O)CCC(=O)CCC(=O)CCC(=O)CCC(=O)CCC(=O)CCO)cc3o2)cc1. The van der Waals surface area contributed by atoms with Gasteiger partial charge in [-0.25, -0.2) is 4.98 Å². The molecule has 0 saturated carbocycles. The summed E-state index contributed by atoms with van der Waals surface area (Å²) in [6.45, 7) is -0.170. The lowest BCUT2D eigenvalue weighted by Crippen LogP contribution is -2.11. The first-order valence-electron chi connectivity index (χ1n) is 23.3. The molecule has 1 aromatic heterocycles. The molecule has 16 heteroatoms. The number of carbonyl (C=O) groups excluding carboxylic acids is 11. The average Bonchev–Trinajstić information content (AvgIpc) is 3.74. The summed E-state index contributed by atoms with van der Waals surface area (Å²) >= 11 is 0. The summed E-state index contributed by atoms with van der Waals surface area (Å²) in [7, 11) is 3.96. The number of nitrogens with zero attached hydrogens (tertiary/aromatic N) is 2. The second-order valence-electron chi connectivity index (χ2n) is 17.0. The molecule has 0 aliphatic carbocycles. The number of aromatic nitrogens is 1. The van der Waals surface area contributed by atoms with Gasteiger partial charge < -0.3 is 19.2 Å². The zero-order valence-electron chi connectivity index (χ0n) is 39.3. The molecule has 0 fully saturated rings. The van der Waals surface area contributed by atoms with Crippen LogP contribution in [0.4, 0.5) is 5.69 Å². The fourth-order valence-corrected chi connectivity index (χ4v) is 6.71. The number of aliphatic hydroxyl groups excluding tert-OH is 1. The zero-order valence-corrected chi connectivity index (χ0v) is 39.3. The van der Waals surface area contributed by atoms with E-state index in [1.54, 1.807) is 24.3 Å². The second-order valence-corrected chi connectivity index (χ2v) is 17.0. The molecule has 0 amide bonds. The summed E-state index contributed by atoms with van der Waals surface area (Å²) in [4.78, 5) is 140. The Bertz CT molecular complexity index is 2290. The van der Waals surface area contributed by atoms with Crippen LogP contribution in [0.1, 0.15) is 153 Å². The topological polar surface area (TPSA) is 246 Å². The van der Waals surface area contributed by atoms with E-state index >= 15 is 0 Å². The van der Waals surface area contributed by atoms with Crippen molar-refractivity contribution < 1.29 is 67.0 Å². The number of benzene rings is 2. The third kappa shape index (κ3) is 23.9. The fraction of sp³-hybridized carbons (Fsp3) is 0.500. The molecule has 0 spiro atoms. The number of ketones is 11. The Balaban J connectivity index is 1.17. The lowest BCUT2D eigenvalue weighted by atomic mass is 9.99. The van der Waals surface area contributed by atoms with Gasteiger partial charge in [-0.1, -0.05) is 12.1 Å². The molecular formula is C52H64N2O14. The standard InChI is InChI=1S/C52H64N2O14/c1-54(2)37-6-3-36(4-7-37)5-30-52-53-50-29-28-49(35-51(50)68-52)67-34-32-48(66)27-25-46(64)23-21-44(62)19-17-42(60)15-13-40(58)11-9-38(56)8-10-39(57)12-14-41(59)16-18-43(61)20-22-45(63)24-26-47(65)31-33-55/h3-7,28-30,35,55H,8-27,31-34H2,1-2H3. The van der Waals surface area contributed by atoms with Crippen LogP contribution in [0.2, 0.25) is 0 Å². The van der Waals surface area contributed by atoms with Crippen LogP contribution >= 0.6 is 0 Å². The maximum Gasteiger partial charge on any atom is 0.220 e. The third-order valence-corrected chi connectivity index (χ3v) is 11.1. The van der Waals surface area contributed by atoms with E-state index in [4.69, 9.17) is 14.3 Å². The summed E-state index contributed by atoms with van der Waals surface area (Å²) in [6, 6.07) is 13.3. The Morgan fingerprint density at radius 3 is 1.15 bits per heavy atom. The molecule has 0 radical (unpaired) electrons. The highest BCUT2D eigenvalue weighted by atomic mass is 16.5. The van der Waals surface area contributed by atoms with Gasteiger partial charge in [0.25, 0.3) is 0 Å². The number of anilines is 1. The third-order valence-electron chi connectivity index (χ3n) is 11.1. The lowest BCUT2D eigenvalue weighted by molar-refractivity contribution is -0.128. The van der Waals surface area contributed by atoms with Crippen LogP contribution in [0.3, 0.4) is 0 Å². The van der Waals surface area contributed by atoms with Crippen LogP contribution in [0.5, 0.6) is 5.75 Å². The summed E-state index contributed by atoms with van der Waals surface area (Å²) in [5.41, 5.74) is 3.29. The van der Waals surface area contributed by atoms with Crippen LogP contribution < -0.4 is 9.64 Å². The van der Waals surface area contributed by atoms with Gasteiger partial charge in [0.2, 0.25) is 5.89 Å². The molecule has 1 heterocycles. The van der Waals surface area contributed by atoms with E-state index in [1.165, 1.54) is 0 Å². The monoisotopic (exact) mass is 940 g/mol. The van der Waals surface area contributed by atoms with Crippen molar-refractivity contribution in [1.82, 2.24) is 4.98 Å². The molecule has 16 nitrogen and oxygen atoms in total. The highest BCUT2D eigenvalue weighted by Gasteiger charge is 2.17. The molecule has 366 valence electrons. The molecule has 3 rings (SSSR count). The largest absolute Gasteiger partial charge is 0.493 e. The smallest absolute Gasteiger partial charge is 0.220 e. The second kappa shape index (κ2) is 30.8. The van der Waals surface area contributed by atoms with E-state index in [0.29, 0.717) is 22.7 Å². The Morgan fingerprint density at radius 1 is 0.471 bits per heavy atom. The number of ether oxygens (including phenoxy) is 1. The Morgan fingerprint density at radius 2 is 0.809 bits per heavy atom. The average molecular weight is 941 g/mol. The maximum atomic E-state index is 12.4. The minimum absolute atomic E-state index is 0.00154. The minimum Gasteiger partial charge on any atom is -0.493 e. The predicted molar refractivity (Wildman–Crippen MR) is 253 cm³/mol. The number of aliphatic hydroxyl groups is 1. The van der Waals surface area contributed by atoms with Crippen molar-refractivity contribution in [2.45, 2.75) is 141 Å².